The molecule has 2 N–H and O–H groups in total. The lowest BCUT2D eigenvalue weighted by atomic mass is 9.80. The van der Waals surface area contributed by atoms with Crippen molar-refractivity contribution in [3.05, 3.63) is 65.2 Å². The zero-order valence-corrected chi connectivity index (χ0v) is 20.3. The van der Waals surface area contributed by atoms with E-state index in [0.717, 1.165) is 43.5 Å². The molecule has 2 aromatic rings. The summed E-state index contributed by atoms with van der Waals surface area (Å²) in [5, 5.41) is 11.8. The predicted octanol–water partition coefficient (Wildman–Crippen LogP) is 6.91. The van der Waals surface area contributed by atoms with Crippen molar-refractivity contribution in [2.75, 3.05) is 11.9 Å². The van der Waals surface area contributed by atoms with Crippen LogP contribution in [0.2, 0.25) is 0 Å². The molecular weight excluding hydrogens is 408 g/mol. The summed E-state index contributed by atoms with van der Waals surface area (Å²) in [6.07, 6.45) is 6.22. The standard InChI is InChI=1S/C29H38N2O2/c1-19(17-27(32)29(23-12-13-23)22-9-5-4-6-10-22)20(2)24-14-15-26(25(18-24)21(3)30)31-28-11-7-8-16-33-28/h4-6,9-10,14-15,18-20,23,28-31H,7-8,11-13,16-17H2,1-3H3/t19-,20?,28?,29?/m1/s1. The molecule has 0 bridgehead atoms. The second-order valence-corrected chi connectivity index (χ2v) is 10.1. The molecule has 4 nitrogen and oxygen atoms in total. The van der Waals surface area contributed by atoms with Gasteiger partial charge < -0.3 is 15.5 Å². The number of ketones is 1. The van der Waals surface area contributed by atoms with Crippen LogP contribution in [0, 0.1) is 17.2 Å². The first-order valence-corrected chi connectivity index (χ1v) is 12.6. The van der Waals surface area contributed by atoms with E-state index in [1.807, 2.05) is 25.1 Å². The van der Waals surface area contributed by atoms with Crippen LogP contribution in [0.15, 0.2) is 48.5 Å². The van der Waals surface area contributed by atoms with Crippen LogP contribution in [0.5, 0.6) is 0 Å². The number of ether oxygens (including phenoxy) is 1. The summed E-state index contributed by atoms with van der Waals surface area (Å²) < 4.78 is 5.84. The zero-order valence-electron chi connectivity index (χ0n) is 20.3. The number of rotatable bonds is 10. The van der Waals surface area contributed by atoms with Gasteiger partial charge in [0.25, 0.3) is 0 Å². The number of benzene rings is 2. The third kappa shape index (κ3) is 5.92. The van der Waals surface area contributed by atoms with Crippen LogP contribution < -0.4 is 5.32 Å². The Morgan fingerprint density at radius 1 is 1.06 bits per heavy atom. The Morgan fingerprint density at radius 2 is 1.82 bits per heavy atom. The number of nitrogens with one attached hydrogen (secondary N) is 2. The van der Waals surface area contributed by atoms with Gasteiger partial charge >= 0.3 is 0 Å². The third-order valence-electron chi connectivity index (χ3n) is 7.45. The number of hydrogen-bond donors (Lipinski definition) is 2. The number of Topliss-reactive ketones (excluding diaryl/α,β-unsaturated/α-hetero) is 1. The average molecular weight is 447 g/mol. The Hall–Kier alpha value is -2.46. The van der Waals surface area contributed by atoms with E-state index in [-0.39, 0.29) is 24.0 Å². The van der Waals surface area contributed by atoms with E-state index >= 15 is 0 Å². The summed E-state index contributed by atoms with van der Waals surface area (Å²) in [5.41, 5.74) is 4.80. The van der Waals surface area contributed by atoms with Crippen LogP contribution in [-0.4, -0.2) is 24.3 Å². The van der Waals surface area contributed by atoms with E-state index < -0.39 is 0 Å². The zero-order chi connectivity index (χ0) is 23.4. The van der Waals surface area contributed by atoms with E-state index in [9.17, 15) is 4.79 Å². The van der Waals surface area contributed by atoms with E-state index in [0.29, 0.717) is 23.8 Å². The van der Waals surface area contributed by atoms with Gasteiger partial charge in [-0.05, 0) is 80.0 Å². The molecule has 2 aromatic carbocycles. The Bertz CT molecular complexity index is 961. The molecule has 2 fully saturated rings. The van der Waals surface area contributed by atoms with Crippen molar-refractivity contribution in [1.29, 1.82) is 5.41 Å². The molecule has 0 aromatic heterocycles. The van der Waals surface area contributed by atoms with Gasteiger partial charge in [-0.25, -0.2) is 0 Å². The molecule has 3 unspecified atom stereocenters. The maximum atomic E-state index is 13.4. The molecule has 2 aliphatic rings. The Morgan fingerprint density at radius 3 is 2.45 bits per heavy atom. The van der Waals surface area contributed by atoms with Crippen molar-refractivity contribution < 1.29 is 9.53 Å². The molecule has 1 aliphatic carbocycles. The molecule has 4 heteroatoms. The fourth-order valence-corrected chi connectivity index (χ4v) is 5.07. The minimum atomic E-state index is 0.0222. The number of anilines is 1. The van der Waals surface area contributed by atoms with Crippen LogP contribution >= 0.6 is 0 Å². The van der Waals surface area contributed by atoms with Gasteiger partial charge in [0.05, 0.1) is 0 Å². The second kappa shape index (κ2) is 10.6. The first kappa shape index (κ1) is 23.7. The normalized spacial score (nSPS) is 21.1. The predicted molar refractivity (Wildman–Crippen MR) is 135 cm³/mol. The van der Waals surface area contributed by atoms with Gasteiger partial charge in [0.1, 0.15) is 12.0 Å². The first-order valence-electron chi connectivity index (χ1n) is 12.6. The van der Waals surface area contributed by atoms with Gasteiger partial charge in [0.2, 0.25) is 0 Å². The molecule has 1 saturated heterocycles. The molecule has 1 saturated carbocycles. The second-order valence-electron chi connectivity index (χ2n) is 10.1. The van der Waals surface area contributed by atoms with E-state index in [4.69, 9.17) is 10.1 Å². The van der Waals surface area contributed by atoms with Gasteiger partial charge in [0.15, 0.2) is 0 Å². The van der Waals surface area contributed by atoms with Gasteiger partial charge in [0, 0.05) is 35.9 Å². The van der Waals surface area contributed by atoms with Gasteiger partial charge in [-0.2, -0.15) is 0 Å². The van der Waals surface area contributed by atoms with Crippen molar-refractivity contribution in [2.45, 2.75) is 77.4 Å². The highest BCUT2D eigenvalue weighted by Gasteiger charge is 2.37. The number of carbonyl (C=O) groups is 1. The van der Waals surface area contributed by atoms with E-state index in [1.165, 1.54) is 17.5 Å². The number of carbonyl (C=O) groups excluding carboxylic acids is 1. The first-order chi connectivity index (χ1) is 15.9. The highest BCUT2D eigenvalue weighted by Crippen LogP contribution is 2.44. The Balaban J connectivity index is 1.46. The fraction of sp³-hybridized carbons (Fsp3) is 0.517. The topological polar surface area (TPSA) is 62.2 Å². The van der Waals surface area contributed by atoms with Crippen LogP contribution in [0.25, 0.3) is 0 Å². The maximum Gasteiger partial charge on any atom is 0.140 e. The molecule has 4 atom stereocenters. The molecule has 0 radical (unpaired) electrons. The number of hydrogen-bond acceptors (Lipinski definition) is 4. The molecule has 1 heterocycles. The van der Waals surface area contributed by atoms with Gasteiger partial charge in [-0.1, -0.05) is 50.2 Å². The van der Waals surface area contributed by atoms with Crippen LogP contribution in [0.4, 0.5) is 5.69 Å². The highest BCUT2D eigenvalue weighted by atomic mass is 16.5. The van der Waals surface area contributed by atoms with Crippen molar-refractivity contribution >= 4 is 17.2 Å². The quantitative estimate of drug-likeness (QED) is 0.390. The highest BCUT2D eigenvalue weighted by molar-refractivity contribution is 6.01. The smallest absolute Gasteiger partial charge is 0.140 e. The molecule has 176 valence electrons. The van der Waals surface area contributed by atoms with E-state index in [1.54, 1.807) is 0 Å². The average Bonchev–Trinajstić information content (AvgIpc) is 3.65. The molecular formula is C29H38N2O2. The lowest BCUT2D eigenvalue weighted by molar-refractivity contribution is -0.121. The maximum absolute atomic E-state index is 13.4. The van der Waals surface area contributed by atoms with Crippen molar-refractivity contribution in [3.63, 3.8) is 0 Å². The summed E-state index contributed by atoms with van der Waals surface area (Å²) in [5.74, 6) is 1.41. The SMILES string of the molecule is CC(=N)c1cc(C(C)[C@H](C)CC(=O)C(c2ccccc2)C2CC2)ccc1NC1CCCCO1. The summed E-state index contributed by atoms with van der Waals surface area (Å²) in [6, 6.07) is 16.7. The summed E-state index contributed by atoms with van der Waals surface area (Å²) in [6.45, 7) is 7.03. The summed E-state index contributed by atoms with van der Waals surface area (Å²) in [4.78, 5) is 13.4. The van der Waals surface area contributed by atoms with Crippen LogP contribution in [-0.2, 0) is 9.53 Å². The molecule has 1 aliphatic heterocycles. The fourth-order valence-electron chi connectivity index (χ4n) is 5.07. The monoisotopic (exact) mass is 446 g/mol. The van der Waals surface area contributed by atoms with Crippen molar-refractivity contribution in [3.8, 4) is 0 Å². The lowest BCUT2D eigenvalue weighted by Gasteiger charge is -2.27. The minimum Gasteiger partial charge on any atom is -0.360 e. The molecule has 4 rings (SSSR count). The molecule has 0 amide bonds. The molecule has 33 heavy (non-hydrogen) atoms. The Labute approximate surface area is 198 Å². The van der Waals surface area contributed by atoms with Gasteiger partial charge in [-0.15, -0.1) is 0 Å². The van der Waals surface area contributed by atoms with Crippen LogP contribution in [0.3, 0.4) is 0 Å². The van der Waals surface area contributed by atoms with Crippen molar-refractivity contribution in [2.24, 2.45) is 11.8 Å². The summed E-state index contributed by atoms with van der Waals surface area (Å²) in [7, 11) is 0. The Kier molecular flexibility index (Phi) is 7.64. The third-order valence-corrected chi connectivity index (χ3v) is 7.45. The van der Waals surface area contributed by atoms with E-state index in [2.05, 4.69) is 49.5 Å². The summed E-state index contributed by atoms with van der Waals surface area (Å²) >= 11 is 0. The largest absolute Gasteiger partial charge is 0.360 e. The molecule has 0 spiro atoms. The minimum absolute atomic E-state index is 0.0222. The van der Waals surface area contributed by atoms with Gasteiger partial charge in [-0.3, -0.25) is 4.79 Å². The lowest BCUT2D eigenvalue weighted by Crippen LogP contribution is -2.28. The van der Waals surface area contributed by atoms with Crippen molar-refractivity contribution in [1.82, 2.24) is 0 Å². The van der Waals surface area contributed by atoms with Crippen LogP contribution in [0.1, 0.15) is 87.8 Å².